The molecule has 0 radical (unpaired) electrons. The summed E-state index contributed by atoms with van der Waals surface area (Å²) in [7, 11) is -3.43. The van der Waals surface area contributed by atoms with Crippen molar-refractivity contribution in [3.63, 3.8) is 0 Å². The van der Waals surface area contributed by atoms with Gasteiger partial charge in [-0.05, 0) is 44.0 Å². The maximum Gasteiger partial charge on any atom is 0.251 e. The van der Waals surface area contributed by atoms with Gasteiger partial charge in [-0.1, -0.05) is 0 Å². The van der Waals surface area contributed by atoms with E-state index in [4.69, 9.17) is 0 Å². The number of amides is 1. The summed E-state index contributed by atoms with van der Waals surface area (Å²) in [6, 6.07) is 6.03. The summed E-state index contributed by atoms with van der Waals surface area (Å²) in [5.41, 5.74) is 0.460. The van der Waals surface area contributed by atoms with Crippen LogP contribution in [0.5, 0.6) is 0 Å². The normalized spacial score (nSPS) is 15.4. The number of carbonyl (C=O) groups is 1. The maximum absolute atomic E-state index is 11.9. The molecule has 1 fully saturated rings. The van der Waals surface area contributed by atoms with Crippen LogP contribution in [-0.2, 0) is 10.0 Å². The van der Waals surface area contributed by atoms with Gasteiger partial charge < -0.3 is 5.32 Å². The van der Waals surface area contributed by atoms with Crippen molar-refractivity contribution in [3.8, 4) is 0 Å². The number of rotatable bonds is 5. The van der Waals surface area contributed by atoms with Gasteiger partial charge in [0.2, 0.25) is 10.0 Å². The number of carbonyl (C=O) groups excluding carboxylic acids is 1. The zero-order valence-electron chi connectivity index (χ0n) is 10.1. The molecule has 18 heavy (non-hydrogen) atoms. The zero-order chi connectivity index (χ0) is 13.2. The Morgan fingerprint density at radius 2 is 1.89 bits per heavy atom. The Kier molecular flexibility index (Phi) is 3.68. The van der Waals surface area contributed by atoms with E-state index < -0.39 is 10.0 Å². The highest BCUT2D eigenvalue weighted by Crippen LogP contribution is 2.22. The summed E-state index contributed by atoms with van der Waals surface area (Å²) >= 11 is 0. The number of benzene rings is 1. The Labute approximate surface area is 107 Å². The molecule has 0 spiro atoms. The van der Waals surface area contributed by atoms with Gasteiger partial charge in [-0.2, -0.15) is 0 Å². The van der Waals surface area contributed by atoms with Gasteiger partial charge in [0.15, 0.2) is 0 Å². The quantitative estimate of drug-likeness (QED) is 0.832. The molecule has 1 amide bonds. The third kappa shape index (κ3) is 3.08. The van der Waals surface area contributed by atoms with Crippen LogP contribution in [0.25, 0.3) is 0 Å². The zero-order valence-corrected chi connectivity index (χ0v) is 11.0. The molecule has 0 aromatic heterocycles. The highest BCUT2D eigenvalue weighted by molar-refractivity contribution is 7.89. The minimum absolute atomic E-state index is 0.0815. The first-order chi connectivity index (χ1) is 8.53. The lowest BCUT2D eigenvalue weighted by molar-refractivity contribution is 0.0955. The number of hydrogen-bond donors (Lipinski definition) is 2. The van der Waals surface area contributed by atoms with Crippen molar-refractivity contribution in [2.24, 2.45) is 0 Å². The molecule has 2 rings (SSSR count). The fourth-order valence-corrected chi connectivity index (χ4v) is 2.84. The SMILES string of the molecule is CCNC(=O)c1ccc(S(=O)(=O)NC2CC2)cc1. The molecule has 0 aliphatic heterocycles. The molecule has 0 saturated heterocycles. The second kappa shape index (κ2) is 5.07. The van der Waals surface area contributed by atoms with E-state index in [1.165, 1.54) is 24.3 Å². The van der Waals surface area contributed by atoms with Gasteiger partial charge in [-0.25, -0.2) is 13.1 Å². The Morgan fingerprint density at radius 3 is 2.39 bits per heavy atom. The Morgan fingerprint density at radius 1 is 1.28 bits per heavy atom. The molecule has 0 unspecified atom stereocenters. The summed E-state index contributed by atoms with van der Waals surface area (Å²) in [5.74, 6) is -0.198. The van der Waals surface area contributed by atoms with Crippen LogP contribution in [-0.4, -0.2) is 26.9 Å². The molecule has 1 saturated carbocycles. The average molecular weight is 268 g/mol. The number of hydrogen-bond acceptors (Lipinski definition) is 3. The van der Waals surface area contributed by atoms with Gasteiger partial charge in [-0.15, -0.1) is 0 Å². The van der Waals surface area contributed by atoms with E-state index in [2.05, 4.69) is 10.0 Å². The van der Waals surface area contributed by atoms with Crippen molar-refractivity contribution in [1.82, 2.24) is 10.0 Å². The van der Waals surface area contributed by atoms with Crippen molar-refractivity contribution in [3.05, 3.63) is 29.8 Å². The lowest BCUT2D eigenvalue weighted by atomic mass is 10.2. The monoisotopic (exact) mass is 268 g/mol. The number of sulfonamides is 1. The van der Waals surface area contributed by atoms with E-state index in [1.54, 1.807) is 0 Å². The van der Waals surface area contributed by atoms with Crippen LogP contribution >= 0.6 is 0 Å². The topological polar surface area (TPSA) is 75.3 Å². The summed E-state index contributed by atoms with van der Waals surface area (Å²) in [5, 5.41) is 2.66. The summed E-state index contributed by atoms with van der Waals surface area (Å²) in [6.07, 6.45) is 1.80. The molecule has 0 bridgehead atoms. The first kappa shape index (κ1) is 13.0. The van der Waals surface area contributed by atoms with Crippen LogP contribution in [0.1, 0.15) is 30.1 Å². The first-order valence-corrected chi connectivity index (χ1v) is 7.42. The van der Waals surface area contributed by atoms with E-state index >= 15 is 0 Å². The van der Waals surface area contributed by atoms with E-state index in [-0.39, 0.29) is 16.8 Å². The van der Waals surface area contributed by atoms with Gasteiger partial charge in [0.1, 0.15) is 0 Å². The first-order valence-electron chi connectivity index (χ1n) is 5.93. The average Bonchev–Trinajstić information content (AvgIpc) is 3.13. The van der Waals surface area contributed by atoms with Crippen molar-refractivity contribution in [2.45, 2.75) is 30.7 Å². The molecule has 98 valence electrons. The summed E-state index contributed by atoms with van der Waals surface area (Å²) in [6.45, 7) is 2.37. The largest absolute Gasteiger partial charge is 0.352 e. The van der Waals surface area contributed by atoms with Crippen LogP contribution in [0.15, 0.2) is 29.2 Å². The Bertz CT molecular complexity index is 533. The van der Waals surface area contributed by atoms with Gasteiger partial charge in [0.05, 0.1) is 4.90 Å². The standard InChI is InChI=1S/C12H16N2O3S/c1-2-13-12(15)9-3-7-11(8-4-9)18(16,17)14-10-5-6-10/h3-4,7-8,10,14H,2,5-6H2,1H3,(H,13,15). The van der Waals surface area contributed by atoms with Crippen molar-refractivity contribution >= 4 is 15.9 Å². The van der Waals surface area contributed by atoms with Crippen molar-refractivity contribution in [1.29, 1.82) is 0 Å². The predicted octanol–water partition coefficient (Wildman–Crippen LogP) is 0.877. The molecule has 0 heterocycles. The summed E-state index contributed by atoms with van der Waals surface area (Å²) < 4.78 is 26.3. The fraction of sp³-hybridized carbons (Fsp3) is 0.417. The minimum atomic E-state index is -3.43. The van der Waals surface area contributed by atoms with Crippen molar-refractivity contribution < 1.29 is 13.2 Å². The maximum atomic E-state index is 11.9. The second-order valence-electron chi connectivity index (χ2n) is 4.28. The molecular formula is C12H16N2O3S. The third-order valence-electron chi connectivity index (χ3n) is 2.66. The Balaban J connectivity index is 2.13. The molecule has 1 aliphatic carbocycles. The van der Waals surface area contributed by atoms with Crippen LogP contribution in [0, 0.1) is 0 Å². The predicted molar refractivity (Wildman–Crippen MR) is 67.8 cm³/mol. The third-order valence-corrected chi connectivity index (χ3v) is 4.20. The van der Waals surface area contributed by atoms with Crippen LogP contribution in [0.3, 0.4) is 0 Å². The van der Waals surface area contributed by atoms with Gasteiger partial charge in [0.25, 0.3) is 5.91 Å². The molecule has 0 atom stereocenters. The molecule has 2 N–H and O–H groups in total. The second-order valence-corrected chi connectivity index (χ2v) is 5.99. The molecule has 1 aromatic rings. The van der Waals surface area contributed by atoms with Crippen LogP contribution in [0.2, 0.25) is 0 Å². The molecule has 5 nitrogen and oxygen atoms in total. The fourth-order valence-electron chi connectivity index (χ4n) is 1.54. The van der Waals surface area contributed by atoms with Crippen LogP contribution < -0.4 is 10.0 Å². The highest BCUT2D eigenvalue weighted by atomic mass is 32.2. The lowest BCUT2D eigenvalue weighted by Crippen LogP contribution is -2.26. The van der Waals surface area contributed by atoms with E-state index in [9.17, 15) is 13.2 Å². The van der Waals surface area contributed by atoms with Crippen LogP contribution in [0.4, 0.5) is 0 Å². The number of nitrogens with one attached hydrogen (secondary N) is 2. The van der Waals surface area contributed by atoms with E-state index in [0.29, 0.717) is 12.1 Å². The minimum Gasteiger partial charge on any atom is -0.352 e. The van der Waals surface area contributed by atoms with E-state index in [1.807, 2.05) is 6.92 Å². The molecule has 1 aromatic carbocycles. The van der Waals surface area contributed by atoms with Gasteiger partial charge in [-0.3, -0.25) is 4.79 Å². The van der Waals surface area contributed by atoms with Gasteiger partial charge in [0, 0.05) is 18.2 Å². The molecular weight excluding hydrogens is 252 g/mol. The van der Waals surface area contributed by atoms with E-state index in [0.717, 1.165) is 12.8 Å². The Hall–Kier alpha value is -1.40. The lowest BCUT2D eigenvalue weighted by Gasteiger charge is -2.06. The van der Waals surface area contributed by atoms with Gasteiger partial charge >= 0.3 is 0 Å². The van der Waals surface area contributed by atoms with Crippen molar-refractivity contribution in [2.75, 3.05) is 6.54 Å². The molecule has 1 aliphatic rings. The molecule has 6 heteroatoms. The summed E-state index contributed by atoms with van der Waals surface area (Å²) in [4.78, 5) is 11.7. The highest BCUT2D eigenvalue weighted by Gasteiger charge is 2.27. The smallest absolute Gasteiger partial charge is 0.251 e.